The maximum absolute atomic E-state index is 13.0. The third kappa shape index (κ3) is 3.36. The minimum atomic E-state index is -0.792. The van der Waals surface area contributed by atoms with E-state index < -0.39 is 11.9 Å². The SMILES string of the molecule is Cc1cc(C)cc(-n2nc(C(=O)N3C[C@H](C(=O)O)[C@@H](C4CC4)C3)cc2C)c1. The van der Waals surface area contributed by atoms with Crippen LogP contribution < -0.4 is 0 Å². The number of hydrogen-bond donors (Lipinski definition) is 1. The Morgan fingerprint density at radius 1 is 1.04 bits per heavy atom. The van der Waals surface area contributed by atoms with Crippen molar-refractivity contribution in [2.75, 3.05) is 13.1 Å². The van der Waals surface area contributed by atoms with Crippen LogP contribution in [0, 0.1) is 38.5 Å². The van der Waals surface area contributed by atoms with Crippen LogP contribution in [0.15, 0.2) is 24.3 Å². The van der Waals surface area contributed by atoms with Gasteiger partial charge in [0.1, 0.15) is 0 Å². The van der Waals surface area contributed by atoms with E-state index in [2.05, 4.69) is 11.2 Å². The number of carbonyl (C=O) groups excluding carboxylic acids is 1. The summed E-state index contributed by atoms with van der Waals surface area (Å²) in [4.78, 5) is 26.3. The van der Waals surface area contributed by atoms with Crippen molar-refractivity contribution < 1.29 is 14.7 Å². The van der Waals surface area contributed by atoms with Crippen LogP contribution >= 0.6 is 0 Å². The number of aryl methyl sites for hydroxylation is 3. The van der Waals surface area contributed by atoms with Gasteiger partial charge in [0.25, 0.3) is 5.91 Å². The molecule has 6 heteroatoms. The Balaban J connectivity index is 1.59. The zero-order valence-electron chi connectivity index (χ0n) is 16.0. The highest BCUT2D eigenvalue weighted by molar-refractivity contribution is 5.93. The average Bonchev–Trinajstić information content (AvgIpc) is 3.21. The number of carboxylic acid groups (broad SMARTS) is 1. The Morgan fingerprint density at radius 3 is 2.30 bits per heavy atom. The van der Waals surface area contributed by atoms with Crippen LogP contribution in [0.25, 0.3) is 5.69 Å². The Hall–Kier alpha value is -2.63. The maximum Gasteiger partial charge on any atom is 0.308 e. The van der Waals surface area contributed by atoms with Gasteiger partial charge in [-0.25, -0.2) is 4.68 Å². The third-order valence-electron chi connectivity index (χ3n) is 5.75. The first-order valence-electron chi connectivity index (χ1n) is 9.51. The molecule has 2 aliphatic rings. The summed E-state index contributed by atoms with van der Waals surface area (Å²) in [6.45, 7) is 6.81. The molecular weight excluding hydrogens is 342 g/mol. The minimum absolute atomic E-state index is 0.0778. The normalized spacial score (nSPS) is 22.3. The van der Waals surface area contributed by atoms with E-state index in [4.69, 9.17) is 0 Å². The Bertz CT molecular complexity index is 893. The van der Waals surface area contributed by atoms with Gasteiger partial charge in [-0.2, -0.15) is 5.10 Å². The first-order valence-corrected chi connectivity index (χ1v) is 9.51. The van der Waals surface area contributed by atoms with E-state index >= 15 is 0 Å². The lowest BCUT2D eigenvalue weighted by atomic mass is 9.92. The quantitative estimate of drug-likeness (QED) is 0.901. The standard InChI is InChI=1S/C21H25N3O3/c1-12-6-13(2)8-16(7-12)24-14(3)9-19(22-24)20(25)23-10-17(15-4-5-15)18(11-23)21(26)27/h6-9,15,17-18H,4-5,10-11H2,1-3H3,(H,26,27)/t17-,18+/m1/s1. The number of rotatable bonds is 4. The second-order valence-corrected chi connectivity index (χ2v) is 8.08. The maximum atomic E-state index is 13.0. The third-order valence-corrected chi connectivity index (χ3v) is 5.75. The molecule has 2 heterocycles. The molecular formula is C21H25N3O3. The van der Waals surface area contributed by atoms with Crippen molar-refractivity contribution in [2.24, 2.45) is 17.8 Å². The van der Waals surface area contributed by atoms with Crippen LogP contribution in [0.1, 0.15) is 40.2 Å². The fourth-order valence-electron chi connectivity index (χ4n) is 4.33. The minimum Gasteiger partial charge on any atom is -0.481 e. The monoisotopic (exact) mass is 367 g/mol. The van der Waals surface area contributed by atoms with Gasteiger partial charge in [-0.15, -0.1) is 0 Å². The van der Waals surface area contributed by atoms with Crippen molar-refractivity contribution in [3.63, 3.8) is 0 Å². The topological polar surface area (TPSA) is 75.4 Å². The summed E-state index contributed by atoms with van der Waals surface area (Å²) in [5, 5.41) is 14.1. The van der Waals surface area contributed by atoms with Crippen LogP contribution in [0.4, 0.5) is 0 Å². The van der Waals surface area contributed by atoms with E-state index in [9.17, 15) is 14.7 Å². The number of carboxylic acids is 1. The highest BCUT2D eigenvalue weighted by atomic mass is 16.4. The molecule has 0 bridgehead atoms. The van der Waals surface area contributed by atoms with E-state index in [1.165, 1.54) is 0 Å². The largest absolute Gasteiger partial charge is 0.481 e. The number of likely N-dealkylation sites (tertiary alicyclic amines) is 1. The molecule has 1 aromatic heterocycles. The van der Waals surface area contributed by atoms with Crippen LogP contribution in [0.3, 0.4) is 0 Å². The number of benzene rings is 1. The van der Waals surface area contributed by atoms with Crippen LogP contribution in [-0.2, 0) is 4.79 Å². The van der Waals surface area contributed by atoms with Gasteiger partial charge in [-0.05, 0) is 74.8 Å². The zero-order chi connectivity index (χ0) is 19.3. The summed E-state index contributed by atoms with van der Waals surface area (Å²) in [7, 11) is 0. The summed E-state index contributed by atoms with van der Waals surface area (Å²) in [5.74, 6) is -0.883. The van der Waals surface area contributed by atoms with E-state index in [-0.39, 0.29) is 18.4 Å². The lowest BCUT2D eigenvalue weighted by Crippen LogP contribution is -2.30. The summed E-state index contributed by atoms with van der Waals surface area (Å²) >= 11 is 0. The van der Waals surface area contributed by atoms with E-state index in [0.717, 1.165) is 35.3 Å². The van der Waals surface area contributed by atoms with Gasteiger partial charge in [0.05, 0.1) is 11.6 Å². The summed E-state index contributed by atoms with van der Waals surface area (Å²) in [6.07, 6.45) is 2.16. The number of carbonyl (C=O) groups is 2. The fourth-order valence-corrected chi connectivity index (χ4v) is 4.33. The number of aliphatic carboxylic acids is 1. The van der Waals surface area contributed by atoms with Crippen molar-refractivity contribution in [3.8, 4) is 5.69 Å². The van der Waals surface area contributed by atoms with Crippen molar-refractivity contribution in [1.82, 2.24) is 14.7 Å². The molecule has 1 aliphatic carbocycles. The molecule has 1 N–H and O–H groups in total. The van der Waals surface area contributed by atoms with Gasteiger partial charge in [0.2, 0.25) is 0 Å². The van der Waals surface area contributed by atoms with Crippen molar-refractivity contribution in [3.05, 3.63) is 46.8 Å². The molecule has 1 saturated carbocycles. The number of amides is 1. The summed E-state index contributed by atoms with van der Waals surface area (Å²) < 4.78 is 1.79. The van der Waals surface area contributed by atoms with Gasteiger partial charge in [0, 0.05) is 18.8 Å². The molecule has 142 valence electrons. The smallest absolute Gasteiger partial charge is 0.308 e. The highest BCUT2D eigenvalue weighted by Crippen LogP contribution is 2.44. The molecule has 2 fully saturated rings. The van der Waals surface area contributed by atoms with Crippen molar-refractivity contribution >= 4 is 11.9 Å². The van der Waals surface area contributed by atoms with E-state index in [0.29, 0.717) is 18.2 Å². The van der Waals surface area contributed by atoms with Gasteiger partial charge in [-0.1, -0.05) is 6.07 Å². The van der Waals surface area contributed by atoms with E-state index in [1.807, 2.05) is 32.9 Å². The Morgan fingerprint density at radius 2 is 1.70 bits per heavy atom. The lowest BCUT2D eigenvalue weighted by molar-refractivity contribution is -0.142. The molecule has 0 unspecified atom stereocenters. The lowest BCUT2D eigenvalue weighted by Gasteiger charge is -2.14. The molecule has 27 heavy (non-hydrogen) atoms. The van der Waals surface area contributed by atoms with Crippen molar-refractivity contribution in [1.29, 1.82) is 0 Å². The molecule has 0 radical (unpaired) electrons. The zero-order valence-corrected chi connectivity index (χ0v) is 16.0. The number of hydrogen-bond acceptors (Lipinski definition) is 3. The molecule has 4 rings (SSSR count). The molecule has 1 aromatic carbocycles. The predicted octanol–water partition coefficient (Wildman–Crippen LogP) is 2.98. The van der Waals surface area contributed by atoms with Gasteiger partial charge >= 0.3 is 5.97 Å². The number of nitrogens with zero attached hydrogens (tertiary/aromatic N) is 3. The van der Waals surface area contributed by atoms with Crippen LogP contribution in [-0.4, -0.2) is 44.8 Å². The molecule has 1 amide bonds. The van der Waals surface area contributed by atoms with Gasteiger partial charge < -0.3 is 10.0 Å². The molecule has 1 aliphatic heterocycles. The van der Waals surface area contributed by atoms with Crippen LogP contribution in [0.5, 0.6) is 0 Å². The summed E-state index contributed by atoms with van der Waals surface area (Å²) in [6, 6.07) is 7.98. The molecule has 2 aromatic rings. The predicted molar refractivity (Wildman–Crippen MR) is 101 cm³/mol. The Kier molecular flexibility index (Phi) is 4.29. The van der Waals surface area contributed by atoms with Gasteiger partial charge in [-0.3, -0.25) is 9.59 Å². The van der Waals surface area contributed by atoms with Crippen molar-refractivity contribution in [2.45, 2.75) is 33.6 Å². The van der Waals surface area contributed by atoms with Gasteiger partial charge in [0.15, 0.2) is 5.69 Å². The molecule has 6 nitrogen and oxygen atoms in total. The van der Waals surface area contributed by atoms with E-state index in [1.54, 1.807) is 15.6 Å². The molecule has 2 atom stereocenters. The van der Waals surface area contributed by atoms with Crippen LogP contribution in [0.2, 0.25) is 0 Å². The number of aromatic nitrogens is 2. The molecule has 0 spiro atoms. The first-order chi connectivity index (χ1) is 12.8. The second kappa shape index (κ2) is 6.51. The second-order valence-electron chi connectivity index (χ2n) is 8.08. The summed E-state index contributed by atoms with van der Waals surface area (Å²) in [5.41, 5.74) is 4.49. The average molecular weight is 367 g/mol. The molecule has 1 saturated heterocycles. The highest BCUT2D eigenvalue weighted by Gasteiger charge is 2.47. The Labute approximate surface area is 158 Å². The first kappa shape index (κ1) is 17.8. The fraction of sp³-hybridized carbons (Fsp3) is 0.476.